The molecular weight excluding hydrogens is 286 g/mol. The second kappa shape index (κ2) is 5.54. The van der Waals surface area contributed by atoms with E-state index in [0.717, 1.165) is 29.7 Å². The highest BCUT2D eigenvalue weighted by Crippen LogP contribution is 2.30. The molecule has 3 aromatic rings. The Morgan fingerprint density at radius 2 is 2.00 bits per heavy atom. The van der Waals surface area contributed by atoms with Crippen LogP contribution in [0.4, 0.5) is 0 Å². The molecule has 4 heteroatoms. The third kappa shape index (κ3) is 2.72. The van der Waals surface area contributed by atoms with Gasteiger partial charge >= 0.3 is 0 Å². The van der Waals surface area contributed by atoms with Gasteiger partial charge in [-0.1, -0.05) is 23.8 Å². The van der Waals surface area contributed by atoms with Crippen LogP contribution in [0.15, 0.2) is 54.9 Å². The van der Waals surface area contributed by atoms with Crippen molar-refractivity contribution in [3.8, 4) is 0 Å². The van der Waals surface area contributed by atoms with Crippen LogP contribution in [0.3, 0.4) is 0 Å². The molecule has 4 rings (SSSR count). The minimum atomic E-state index is 0.110. The van der Waals surface area contributed by atoms with Crippen molar-refractivity contribution in [3.05, 3.63) is 71.7 Å². The van der Waals surface area contributed by atoms with Crippen molar-refractivity contribution in [2.24, 2.45) is 0 Å². The number of hydrogen-bond donors (Lipinski definition) is 0. The highest BCUT2D eigenvalue weighted by Gasteiger charge is 2.33. The molecule has 0 unspecified atom stereocenters. The van der Waals surface area contributed by atoms with Crippen LogP contribution >= 0.6 is 0 Å². The number of carbonyl (C=O) groups is 1. The van der Waals surface area contributed by atoms with Crippen LogP contribution in [0.1, 0.15) is 34.5 Å². The average Bonchev–Trinajstić information content (AvgIpc) is 3.34. The Kier molecular flexibility index (Phi) is 3.37. The number of fused-ring (bicyclic) bond motifs is 1. The standard InChI is InChI=1S/C19H19N3O/c1-14-5-7-15(8-6-14)19(23)22(16-9-10-16)13-17-12-20-18-4-2-3-11-21(17)18/h2-8,11-12,16H,9-10,13H2,1H3. The summed E-state index contributed by atoms with van der Waals surface area (Å²) in [6, 6.07) is 14.1. The first kappa shape index (κ1) is 14.0. The molecule has 0 aliphatic heterocycles. The Bertz CT molecular complexity index is 846. The highest BCUT2D eigenvalue weighted by atomic mass is 16.2. The summed E-state index contributed by atoms with van der Waals surface area (Å²) in [5.74, 6) is 0.110. The zero-order valence-electron chi connectivity index (χ0n) is 13.1. The number of benzene rings is 1. The number of carbonyl (C=O) groups excluding carboxylic acids is 1. The molecule has 1 amide bonds. The molecule has 0 spiro atoms. The average molecular weight is 305 g/mol. The number of amides is 1. The summed E-state index contributed by atoms with van der Waals surface area (Å²) in [5.41, 5.74) is 3.90. The Hall–Kier alpha value is -2.62. The van der Waals surface area contributed by atoms with E-state index in [1.165, 1.54) is 5.56 Å². The number of rotatable bonds is 4. The first-order chi connectivity index (χ1) is 11.2. The van der Waals surface area contributed by atoms with Crippen molar-refractivity contribution < 1.29 is 4.79 Å². The summed E-state index contributed by atoms with van der Waals surface area (Å²) in [7, 11) is 0. The Labute approximate surface area is 135 Å². The minimum absolute atomic E-state index is 0.110. The topological polar surface area (TPSA) is 37.6 Å². The maximum Gasteiger partial charge on any atom is 0.254 e. The zero-order chi connectivity index (χ0) is 15.8. The summed E-state index contributed by atoms with van der Waals surface area (Å²) >= 11 is 0. The van der Waals surface area contributed by atoms with Crippen molar-refractivity contribution in [3.63, 3.8) is 0 Å². The first-order valence-corrected chi connectivity index (χ1v) is 8.01. The van der Waals surface area contributed by atoms with E-state index >= 15 is 0 Å². The maximum absolute atomic E-state index is 12.9. The van der Waals surface area contributed by atoms with E-state index in [1.807, 2.05) is 66.7 Å². The lowest BCUT2D eigenvalue weighted by Gasteiger charge is -2.22. The zero-order valence-corrected chi connectivity index (χ0v) is 13.1. The van der Waals surface area contributed by atoms with E-state index < -0.39 is 0 Å². The van der Waals surface area contributed by atoms with Crippen LogP contribution in [0.5, 0.6) is 0 Å². The van der Waals surface area contributed by atoms with Crippen LogP contribution < -0.4 is 0 Å². The van der Waals surface area contributed by atoms with Gasteiger partial charge in [0, 0.05) is 17.8 Å². The molecule has 0 N–H and O–H groups in total. The van der Waals surface area contributed by atoms with E-state index in [9.17, 15) is 4.79 Å². The van der Waals surface area contributed by atoms with Gasteiger partial charge in [0.25, 0.3) is 5.91 Å². The molecule has 1 saturated carbocycles. The SMILES string of the molecule is Cc1ccc(C(=O)N(Cc2cnc3ccccn23)C2CC2)cc1. The first-order valence-electron chi connectivity index (χ1n) is 8.01. The van der Waals surface area contributed by atoms with Gasteiger partial charge in [0.1, 0.15) is 5.65 Å². The van der Waals surface area contributed by atoms with Gasteiger partial charge in [-0.15, -0.1) is 0 Å². The second-order valence-electron chi connectivity index (χ2n) is 6.21. The number of pyridine rings is 1. The van der Waals surface area contributed by atoms with Crippen LogP contribution in [0, 0.1) is 6.92 Å². The van der Waals surface area contributed by atoms with Gasteiger partial charge in [-0.3, -0.25) is 4.79 Å². The van der Waals surface area contributed by atoms with Crippen molar-refractivity contribution in [2.75, 3.05) is 0 Å². The fourth-order valence-corrected chi connectivity index (χ4v) is 2.89. The molecular formula is C19H19N3O. The normalized spacial score (nSPS) is 14.1. The molecule has 2 heterocycles. The van der Waals surface area contributed by atoms with Crippen molar-refractivity contribution in [2.45, 2.75) is 32.4 Å². The predicted molar refractivity (Wildman–Crippen MR) is 89.3 cm³/mol. The lowest BCUT2D eigenvalue weighted by Crippen LogP contribution is -2.33. The third-order valence-electron chi connectivity index (χ3n) is 4.37. The van der Waals surface area contributed by atoms with Crippen molar-refractivity contribution >= 4 is 11.6 Å². The molecule has 116 valence electrons. The number of hydrogen-bond acceptors (Lipinski definition) is 2. The summed E-state index contributed by atoms with van der Waals surface area (Å²) in [6.45, 7) is 2.63. The number of nitrogens with zero attached hydrogens (tertiary/aromatic N) is 3. The van der Waals surface area contributed by atoms with E-state index in [4.69, 9.17) is 0 Å². The van der Waals surface area contributed by atoms with E-state index in [0.29, 0.717) is 12.6 Å². The van der Waals surface area contributed by atoms with E-state index in [-0.39, 0.29) is 5.91 Å². The molecule has 1 aliphatic carbocycles. The van der Waals surface area contributed by atoms with Gasteiger partial charge < -0.3 is 9.30 Å². The van der Waals surface area contributed by atoms with Crippen LogP contribution in [0.2, 0.25) is 0 Å². The predicted octanol–water partition coefficient (Wildman–Crippen LogP) is 3.45. The molecule has 2 aromatic heterocycles. The Morgan fingerprint density at radius 1 is 1.22 bits per heavy atom. The van der Waals surface area contributed by atoms with Gasteiger partial charge in [0.15, 0.2) is 0 Å². The number of aromatic nitrogens is 2. The minimum Gasteiger partial charge on any atom is -0.330 e. The monoisotopic (exact) mass is 305 g/mol. The van der Waals surface area contributed by atoms with Gasteiger partial charge in [-0.2, -0.15) is 0 Å². The van der Waals surface area contributed by atoms with Crippen molar-refractivity contribution in [1.82, 2.24) is 14.3 Å². The van der Waals surface area contributed by atoms with E-state index in [1.54, 1.807) is 0 Å². The number of imidazole rings is 1. The molecule has 0 saturated heterocycles. The smallest absolute Gasteiger partial charge is 0.254 e. The van der Waals surface area contributed by atoms with Gasteiger partial charge in [-0.25, -0.2) is 4.98 Å². The summed E-state index contributed by atoms with van der Waals surface area (Å²) < 4.78 is 2.05. The van der Waals surface area contributed by atoms with Crippen LogP contribution in [0.25, 0.3) is 5.65 Å². The molecule has 1 fully saturated rings. The number of aryl methyl sites for hydroxylation is 1. The maximum atomic E-state index is 12.9. The van der Waals surface area contributed by atoms with Gasteiger partial charge in [-0.05, 0) is 44.0 Å². The third-order valence-corrected chi connectivity index (χ3v) is 4.37. The van der Waals surface area contributed by atoms with E-state index in [2.05, 4.69) is 9.38 Å². The van der Waals surface area contributed by atoms with Gasteiger partial charge in [0.2, 0.25) is 0 Å². The Morgan fingerprint density at radius 3 is 2.74 bits per heavy atom. The second-order valence-corrected chi connectivity index (χ2v) is 6.21. The molecule has 0 atom stereocenters. The van der Waals surface area contributed by atoms with Crippen LogP contribution in [-0.4, -0.2) is 26.2 Å². The molecule has 0 radical (unpaired) electrons. The van der Waals surface area contributed by atoms with Gasteiger partial charge in [0.05, 0.1) is 18.4 Å². The Balaban J connectivity index is 1.63. The lowest BCUT2D eigenvalue weighted by atomic mass is 10.1. The molecule has 1 aliphatic rings. The fourth-order valence-electron chi connectivity index (χ4n) is 2.89. The molecule has 23 heavy (non-hydrogen) atoms. The highest BCUT2D eigenvalue weighted by molar-refractivity contribution is 5.94. The summed E-state index contributed by atoms with van der Waals surface area (Å²) in [4.78, 5) is 19.3. The lowest BCUT2D eigenvalue weighted by molar-refractivity contribution is 0.0727. The largest absolute Gasteiger partial charge is 0.330 e. The molecule has 4 nitrogen and oxygen atoms in total. The molecule has 1 aromatic carbocycles. The summed E-state index contributed by atoms with van der Waals surface area (Å²) in [5, 5.41) is 0. The fraction of sp³-hybridized carbons (Fsp3) is 0.263. The van der Waals surface area contributed by atoms with Crippen molar-refractivity contribution in [1.29, 1.82) is 0 Å². The van der Waals surface area contributed by atoms with Crippen LogP contribution in [-0.2, 0) is 6.54 Å². The summed E-state index contributed by atoms with van der Waals surface area (Å²) in [6.07, 6.45) is 6.05. The quantitative estimate of drug-likeness (QED) is 0.740. The molecule has 0 bridgehead atoms.